The Kier molecular flexibility index (Phi) is 5.61. The molecule has 1 amide bonds. The van der Waals surface area contributed by atoms with Gasteiger partial charge >= 0.3 is 5.97 Å². The highest BCUT2D eigenvalue weighted by Gasteiger charge is 2.20. The molecule has 0 aliphatic rings. The van der Waals surface area contributed by atoms with Crippen molar-refractivity contribution in [2.24, 2.45) is 7.05 Å². The number of ether oxygens (including phenoxy) is 1. The highest BCUT2D eigenvalue weighted by atomic mass is 32.1. The molecule has 0 saturated carbocycles. The molecule has 0 unspecified atom stereocenters. The molecular weight excluding hydrogens is 410 g/mol. The van der Waals surface area contributed by atoms with Crippen LogP contribution in [0.15, 0.2) is 54.0 Å². The van der Waals surface area contributed by atoms with E-state index in [0.29, 0.717) is 16.4 Å². The van der Waals surface area contributed by atoms with Crippen LogP contribution in [0.3, 0.4) is 0 Å². The average molecular weight is 434 g/mol. The Morgan fingerprint density at radius 3 is 2.65 bits per heavy atom. The van der Waals surface area contributed by atoms with Gasteiger partial charge in [-0.05, 0) is 43.2 Å². The Balaban J connectivity index is 1.52. The van der Waals surface area contributed by atoms with Crippen molar-refractivity contribution in [2.45, 2.75) is 27.4 Å². The van der Waals surface area contributed by atoms with Gasteiger partial charge in [0.1, 0.15) is 6.61 Å². The van der Waals surface area contributed by atoms with Crippen molar-refractivity contribution in [2.75, 3.05) is 4.90 Å². The molecule has 0 radical (unpaired) electrons. The minimum atomic E-state index is -0.399. The molecule has 2 heterocycles. The van der Waals surface area contributed by atoms with Crippen molar-refractivity contribution in [1.29, 1.82) is 0 Å². The lowest BCUT2D eigenvalue weighted by atomic mass is 10.1. The summed E-state index contributed by atoms with van der Waals surface area (Å²) in [4.78, 5) is 31.1. The summed E-state index contributed by atoms with van der Waals surface area (Å²) < 4.78 is 7.42. The van der Waals surface area contributed by atoms with Crippen molar-refractivity contribution in [3.63, 3.8) is 0 Å². The number of esters is 1. The first-order chi connectivity index (χ1) is 14.8. The summed E-state index contributed by atoms with van der Waals surface area (Å²) in [7, 11) is 1.90. The molecule has 0 bridgehead atoms. The third kappa shape index (κ3) is 4.09. The van der Waals surface area contributed by atoms with Gasteiger partial charge < -0.3 is 9.30 Å². The topological polar surface area (TPSA) is 64.4 Å². The zero-order valence-corrected chi connectivity index (χ0v) is 18.7. The molecule has 4 aromatic rings. The summed E-state index contributed by atoms with van der Waals surface area (Å²) in [5.74, 6) is -0.527. The van der Waals surface area contributed by atoms with E-state index in [-0.39, 0.29) is 12.5 Å². The van der Waals surface area contributed by atoms with E-state index in [1.165, 1.54) is 18.3 Å². The second kappa shape index (κ2) is 8.35. The van der Waals surface area contributed by atoms with E-state index in [9.17, 15) is 9.59 Å². The fourth-order valence-corrected chi connectivity index (χ4v) is 4.35. The summed E-state index contributed by atoms with van der Waals surface area (Å²) in [6, 6.07) is 13.6. The van der Waals surface area contributed by atoms with E-state index in [1.54, 1.807) is 11.1 Å². The van der Waals surface area contributed by atoms with Gasteiger partial charge in [-0.15, -0.1) is 11.3 Å². The smallest absolute Gasteiger partial charge is 0.340 e. The molecule has 0 atom stereocenters. The maximum Gasteiger partial charge on any atom is 0.340 e. The standard InChI is InChI=1S/C24H23N3O3S/c1-15-9-10-19(11-16(15)2)27(17(3)28)24-25-18(14-31-24)13-30-23(29)21-12-26(4)22-8-6-5-7-20(21)22/h5-12,14H,13H2,1-4H3. The van der Waals surface area contributed by atoms with Crippen LogP contribution >= 0.6 is 11.3 Å². The second-order valence-corrected chi connectivity index (χ2v) is 8.33. The van der Waals surface area contributed by atoms with E-state index in [2.05, 4.69) is 4.98 Å². The van der Waals surface area contributed by atoms with E-state index in [0.717, 1.165) is 27.7 Å². The molecule has 7 heteroatoms. The van der Waals surface area contributed by atoms with Gasteiger partial charge in [-0.2, -0.15) is 0 Å². The zero-order chi connectivity index (χ0) is 22.1. The first kappa shape index (κ1) is 20.8. The predicted octanol–water partition coefficient (Wildman–Crippen LogP) is 5.29. The van der Waals surface area contributed by atoms with E-state index >= 15 is 0 Å². The molecule has 0 aliphatic carbocycles. The number of thiazole rings is 1. The molecule has 6 nitrogen and oxygen atoms in total. The van der Waals surface area contributed by atoms with Crippen LogP contribution in [0, 0.1) is 13.8 Å². The van der Waals surface area contributed by atoms with E-state index < -0.39 is 5.97 Å². The Morgan fingerprint density at radius 2 is 1.90 bits per heavy atom. The summed E-state index contributed by atoms with van der Waals surface area (Å²) in [5.41, 5.74) is 5.12. The molecular formula is C24H23N3O3S. The van der Waals surface area contributed by atoms with Crippen LogP contribution in [0.5, 0.6) is 0 Å². The average Bonchev–Trinajstić information content (AvgIpc) is 3.34. The van der Waals surface area contributed by atoms with E-state index in [4.69, 9.17) is 4.74 Å². The summed E-state index contributed by atoms with van der Waals surface area (Å²) >= 11 is 1.34. The summed E-state index contributed by atoms with van der Waals surface area (Å²) in [5, 5.41) is 3.21. The summed E-state index contributed by atoms with van der Waals surface area (Å²) in [6.07, 6.45) is 1.77. The fraction of sp³-hybridized carbons (Fsp3) is 0.208. The van der Waals surface area contributed by atoms with Gasteiger partial charge in [0.25, 0.3) is 0 Å². The number of fused-ring (bicyclic) bond motifs is 1. The van der Waals surface area contributed by atoms with Crippen LogP contribution in [0.1, 0.15) is 34.1 Å². The van der Waals surface area contributed by atoms with Gasteiger partial charge in [-0.25, -0.2) is 9.78 Å². The van der Waals surface area contributed by atoms with Crippen molar-refractivity contribution in [3.05, 3.63) is 76.4 Å². The SMILES string of the molecule is CC(=O)N(c1ccc(C)c(C)c1)c1nc(COC(=O)c2cn(C)c3ccccc23)cs1. The number of amides is 1. The highest BCUT2D eigenvalue weighted by Crippen LogP contribution is 2.30. The third-order valence-electron chi connectivity index (χ3n) is 5.26. The molecule has 31 heavy (non-hydrogen) atoms. The largest absolute Gasteiger partial charge is 0.455 e. The predicted molar refractivity (Wildman–Crippen MR) is 123 cm³/mol. The quantitative estimate of drug-likeness (QED) is 0.401. The molecule has 0 spiro atoms. The molecule has 158 valence electrons. The maximum absolute atomic E-state index is 12.7. The van der Waals surface area contributed by atoms with Gasteiger partial charge in [-0.1, -0.05) is 24.3 Å². The number of carbonyl (C=O) groups excluding carboxylic acids is 2. The number of hydrogen-bond donors (Lipinski definition) is 0. The van der Waals surface area contributed by atoms with Crippen LogP contribution in [-0.2, 0) is 23.2 Å². The monoisotopic (exact) mass is 433 g/mol. The number of rotatable bonds is 5. The first-order valence-electron chi connectivity index (χ1n) is 9.88. The number of benzene rings is 2. The fourth-order valence-electron chi connectivity index (χ4n) is 3.48. The normalized spacial score (nSPS) is 11.0. The number of hydrogen-bond acceptors (Lipinski definition) is 5. The maximum atomic E-state index is 12.7. The Hall–Kier alpha value is -3.45. The third-order valence-corrected chi connectivity index (χ3v) is 6.14. The van der Waals surface area contributed by atoms with Gasteiger partial charge in [0.15, 0.2) is 5.13 Å². The molecule has 0 saturated heterocycles. The lowest BCUT2D eigenvalue weighted by molar-refractivity contribution is -0.115. The molecule has 4 rings (SSSR count). The second-order valence-electron chi connectivity index (χ2n) is 7.49. The summed E-state index contributed by atoms with van der Waals surface area (Å²) in [6.45, 7) is 5.59. The minimum Gasteiger partial charge on any atom is -0.455 e. The van der Waals surface area contributed by atoms with Gasteiger partial charge in [0.2, 0.25) is 5.91 Å². The van der Waals surface area contributed by atoms with Gasteiger partial charge in [0, 0.05) is 36.5 Å². The van der Waals surface area contributed by atoms with Gasteiger partial charge in [0.05, 0.1) is 16.9 Å². The van der Waals surface area contributed by atoms with Crippen LogP contribution in [0.2, 0.25) is 0 Å². The van der Waals surface area contributed by atoms with Crippen LogP contribution in [0.4, 0.5) is 10.8 Å². The number of anilines is 2. The number of para-hydroxylation sites is 1. The van der Waals surface area contributed by atoms with Crippen LogP contribution < -0.4 is 4.90 Å². The lowest BCUT2D eigenvalue weighted by Crippen LogP contribution is -2.22. The van der Waals surface area contributed by atoms with Crippen molar-refractivity contribution in [3.8, 4) is 0 Å². The lowest BCUT2D eigenvalue weighted by Gasteiger charge is -2.19. The molecule has 2 aromatic carbocycles. The number of aryl methyl sites for hydroxylation is 3. The first-order valence-corrected chi connectivity index (χ1v) is 10.8. The highest BCUT2D eigenvalue weighted by molar-refractivity contribution is 7.14. The van der Waals surface area contributed by atoms with Crippen LogP contribution in [0.25, 0.3) is 10.9 Å². The van der Waals surface area contributed by atoms with Gasteiger partial charge in [-0.3, -0.25) is 9.69 Å². The molecule has 0 fully saturated rings. The Bertz CT molecular complexity index is 1290. The number of nitrogens with zero attached hydrogens (tertiary/aromatic N) is 3. The van der Waals surface area contributed by atoms with Crippen molar-refractivity contribution >= 4 is 44.9 Å². The van der Waals surface area contributed by atoms with Crippen molar-refractivity contribution < 1.29 is 14.3 Å². The van der Waals surface area contributed by atoms with Crippen molar-refractivity contribution in [1.82, 2.24) is 9.55 Å². The number of carbonyl (C=O) groups is 2. The Morgan fingerprint density at radius 1 is 1.13 bits per heavy atom. The minimum absolute atomic E-state index is 0.0389. The molecule has 2 aromatic heterocycles. The van der Waals surface area contributed by atoms with E-state index in [1.807, 2.05) is 73.3 Å². The molecule has 0 aliphatic heterocycles. The number of aromatic nitrogens is 2. The molecule has 0 N–H and O–H groups in total. The zero-order valence-electron chi connectivity index (χ0n) is 17.9. The Labute approximate surface area is 184 Å². The van der Waals surface area contributed by atoms with Crippen LogP contribution in [-0.4, -0.2) is 21.4 Å².